The Labute approximate surface area is 186 Å². The van der Waals surface area contributed by atoms with Crippen molar-refractivity contribution in [3.8, 4) is 5.75 Å². The highest BCUT2D eigenvalue weighted by molar-refractivity contribution is 14.0. The Morgan fingerprint density at radius 2 is 2.04 bits per heavy atom. The predicted octanol–water partition coefficient (Wildman–Crippen LogP) is 3.18. The van der Waals surface area contributed by atoms with Crippen molar-refractivity contribution in [2.24, 2.45) is 4.99 Å². The number of methoxy groups -OCH3 is 1. The summed E-state index contributed by atoms with van der Waals surface area (Å²) in [6.45, 7) is 4.87. The van der Waals surface area contributed by atoms with Gasteiger partial charge in [0.25, 0.3) is 0 Å². The Bertz CT molecular complexity index is 602. The summed E-state index contributed by atoms with van der Waals surface area (Å²) in [7, 11) is 3.58. The molecule has 0 aliphatic carbocycles. The summed E-state index contributed by atoms with van der Waals surface area (Å²) < 4.78 is 11.3. The number of likely N-dealkylation sites (tertiary alicyclic amines) is 1. The lowest BCUT2D eigenvalue weighted by molar-refractivity contribution is 0.105. The zero-order chi connectivity index (χ0) is 18.9. The van der Waals surface area contributed by atoms with E-state index in [0.29, 0.717) is 6.10 Å². The molecule has 1 aromatic rings. The normalized spacial score (nSPS) is 21.2. The van der Waals surface area contributed by atoms with Gasteiger partial charge in [0, 0.05) is 32.3 Å². The number of ether oxygens (including phenoxy) is 2. The minimum absolute atomic E-state index is 0. The number of halogens is 1. The van der Waals surface area contributed by atoms with Crippen LogP contribution in [0.2, 0.25) is 0 Å². The highest BCUT2D eigenvalue weighted by Gasteiger charge is 2.26. The molecule has 0 radical (unpaired) electrons. The monoisotopic (exact) mass is 502 g/mol. The van der Waals surface area contributed by atoms with Gasteiger partial charge in [0.05, 0.1) is 19.3 Å². The Balaban J connectivity index is 0.00000280. The Morgan fingerprint density at radius 3 is 2.71 bits per heavy atom. The second kappa shape index (κ2) is 12.5. The van der Waals surface area contributed by atoms with Crippen molar-refractivity contribution in [1.29, 1.82) is 0 Å². The summed E-state index contributed by atoms with van der Waals surface area (Å²) in [5.74, 6) is 1.81. The van der Waals surface area contributed by atoms with Gasteiger partial charge in [0.15, 0.2) is 5.96 Å². The molecule has 2 saturated heterocycles. The minimum atomic E-state index is 0. The molecular weight excluding hydrogens is 467 g/mol. The van der Waals surface area contributed by atoms with Crippen LogP contribution in [0.15, 0.2) is 29.3 Å². The molecule has 2 atom stereocenters. The highest BCUT2D eigenvalue weighted by atomic mass is 127. The topological polar surface area (TPSA) is 58.1 Å². The van der Waals surface area contributed by atoms with Crippen molar-refractivity contribution < 1.29 is 9.47 Å². The van der Waals surface area contributed by atoms with Crippen LogP contribution >= 0.6 is 24.0 Å². The fourth-order valence-electron chi connectivity index (χ4n) is 4.07. The number of rotatable bonds is 8. The molecule has 2 aliphatic heterocycles. The SMILES string of the molecule is CN=C(NCCC1CCCO1)NCC(c1ccccc1OC)N1CCCC1.I. The van der Waals surface area contributed by atoms with E-state index in [-0.39, 0.29) is 30.0 Å². The Kier molecular flexibility index (Phi) is 10.4. The van der Waals surface area contributed by atoms with Gasteiger partial charge in [-0.05, 0) is 51.3 Å². The predicted molar refractivity (Wildman–Crippen MR) is 125 cm³/mol. The van der Waals surface area contributed by atoms with Crippen LogP contribution in [-0.2, 0) is 4.74 Å². The van der Waals surface area contributed by atoms with Gasteiger partial charge in [-0.15, -0.1) is 24.0 Å². The average molecular weight is 502 g/mol. The maximum absolute atomic E-state index is 5.70. The van der Waals surface area contributed by atoms with Gasteiger partial charge < -0.3 is 20.1 Å². The first kappa shape index (κ1) is 23.2. The fourth-order valence-corrected chi connectivity index (χ4v) is 4.07. The third-order valence-corrected chi connectivity index (χ3v) is 5.55. The molecular formula is C21H35IN4O2. The molecule has 2 heterocycles. The van der Waals surface area contributed by atoms with Gasteiger partial charge in [0.1, 0.15) is 5.75 Å². The summed E-state index contributed by atoms with van der Waals surface area (Å²) in [5.41, 5.74) is 1.24. The van der Waals surface area contributed by atoms with Crippen molar-refractivity contribution in [2.45, 2.75) is 44.2 Å². The van der Waals surface area contributed by atoms with Crippen molar-refractivity contribution >= 4 is 29.9 Å². The van der Waals surface area contributed by atoms with Gasteiger partial charge >= 0.3 is 0 Å². The number of guanidine groups is 1. The molecule has 6 nitrogen and oxygen atoms in total. The molecule has 7 heteroatoms. The van der Waals surface area contributed by atoms with Crippen LogP contribution in [0.25, 0.3) is 0 Å². The van der Waals surface area contributed by atoms with Gasteiger partial charge in [0.2, 0.25) is 0 Å². The average Bonchev–Trinajstić information content (AvgIpc) is 3.41. The molecule has 0 bridgehead atoms. The highest BCUT2D eigenvalue weighted by Crippen LogP contribution is 2.31. The van der Waals surface area contributed by atoms with E-state index in [0.717, 1.165) is 50.9 Å². The molecule has 3 rings (SSSR count). The lowest BCUT2D eigenvalue weighted by Gasteiger charge is -2.30. The van der Waals surface area contributed by atoms with Crippen molar-refractivity contribution in [2.75, 3.05) is 46.9 Å². The summed E-state index contributed by atoms with van der Waals surface area (Å²) in [5, 5.41) is 6.95. The second-order valence-corrected chi connectivity index (χ2v) is 7.30. The second-order valence-electron chi connectivity index (χ2n) is 7.30. The first-order chi connectivity index (χ1) is 13.3. The quantitative estimate of drug-likeness (QED) is 0.325. The summed E-state index contributed by atoms with van der Waals surface area (Å²) in [4.78, 5) is 6.94. The molecule has 1 aromatic carbocycles. The number of hydrogen-bond donors (Lipinski definition) is 2. The summed E-state index contributed by atoms with van der Waals surface area (Å²) in [6.07, 6.45) is 6.33. The number of nitrogens with zero attached hydrogens (tertiary/aromatic N) is 2. The number of aliphatic imine (C=N–C) groups is 1. The molecule has 2 fully saturated rings. The van der Waals surface area contributed by atoms with E-state index in [2.05, 4.69) is 32.7 Å². The molecule has 158 valence electrons. The van der Waals surface area contributed by atoms with E-state index in [1.807, 2.05) is 19.2 Å². The lowest BCUT2D eigenvalue weighted by Crippen LogP contribution is -2.43. The van der Waals surface area contributed by atoms with E-state index >= 15 is 0 Å². The summed E-state index contributed by atoms with van der Waals surface area (Å²) >= 11 is 0. The van der Waals surface area contributed by atoms with Crippen LogP contribution in [0, 0.1) is 0 Å². The van der Waals surface area contributed by atoms with Gasteiger partial charge in [-0.3, -0.25) is 9.89 Å². The molecule has 0 amide bonds. The van der Waals surface area contributed by atoms with Crippen molar-refractivity contribution in [3.63, 3.8) is 0 Å². The van der Waals surface area contributed by atoms with E-state index in [9.17, 15) is 0 Å². The molecule has 0 saturated carbocycles. The largest absolute Gasteiger partial charge is 0.496 e. The van der Waals surface area contributed by atoms with Crippen LogP contribution < -0.4 is 15.4 Å². The smallest absolute Gasteiger partial charge is 0.191 e. The van der Waals surface area contributed by atoms with Crippen LogP contribution in [0.1, 0.15) is 43.7 Å². The summed E-state index contributed by atoms with van der Waals surface area (Å²) in [6, 6.07) is 8.63. The van der Waals surface area contributed by atoms with Crippen LogP contribution in [-0.4, -0.2) is 63.9 Å². The Hall–Kier alpha value is -1.06. The van der Waals surface area contributed by atoms with Crippen LogP contribution in [0.3, 0.4) is 0 Å². The van der Waals surface area contributed by atoms with E-state index < -0.39 is 0 Å². The zero-order valence-electron chi connectivity index (χ0n) is 17.2. The molecule has 2 aliphatic rings. The molecule has 2 N–H and O–H groups in total. The lowest BCUT2D eigenvalue weighted by atomic mass is 10.0. The minimum Gasteiger partial charge on any atom is -0.496 e. The zero-order valence-corrected chi connectivity index (χ0v) is 19.5. The molecule has 28 heavy (non-hydrogen) atoms. The van der Waals surface area contributed by atoms with E-state index in [4.69, 9.17) is 9.47 Å². The number of hydrogen-bond acceptors (Lipinski definition) is 4. The molecule has 0 aromatic heterocycles. The van der Waals surface area contributed by atoms with Gasteiger partial charge in [-0.2, -0.15) is 0 Å². The maximum Gasteiger partial charge on any atom is 0.191 e. The van der Waals surface area contributed by atoms with Gasteiger partial charge in [-0.25, -0.2) is 0 Å². The van der Waals surface area contributed by atoms with E-state index in [1.54, 1.807) is 7.11 Å². The molecule has 0 spiro atoms. The molecule has 2 unspecified atom stereocenters. The maximum atomic E-state index is 5.70. The Morgan fingerprint density at radius 1 is 1.25 bits per heavy atom. The van der Waals surface area contributed by atoms with Gasteiger partial charge in [-0.1, -0.05) is 18.2 Å². The first-order valence-electron chi connectivity index (χ1n) is 10.2. The number of para-hydroxylation sites is 1. The fraction of sp³-hybridized carbons (Fsp3) is 0.667. The third kappa shape index (κ3) is 6.49. The number of nitrogens with one attached hydrogen (secondary N) is 2. The van der Waals surface area contributed by atoms with Crippen LogP contribution in [0.5, 0.6) is 5.75 Å². The first-order valence-corrected chi connectivity index (χ1v) is 10.2. The van der Waals surface area contributed by atoms with Crippen LogP contribution in [0.4, 0.5) is 0 Å². The number of benzene rings is 1. The standard InChI is InChI=1S/C21H34N4O2.HI/c1-22-21(23-12-11-17-8-7-15-27-17)24-16-19(25-13-5-6-14-25)18-9-3-4-10-20(18)26-2;/h3-4,9-10,17,19H,5-8,11-16H2,1-2H3,(H2,22,23,24);1H. The van der Waals surface area contributed by atoms with Crippen molar-refractivity contribution in [3.05, 3.63) is 29.8 Å². The third-order valence-electron chi connectivity index (χ3n) is 5.55. The van der Waals surface area contributed by atoms with E-state index in [1.165, 1.54) is 31.2 Å². The van der Waals surface area contributed by atoms with Crippen molar-refractivity contribution in [1.82, 2.24) is 15.5 Å².